The van der Waals surface area contributed by atoms with Gasteiger partial charge in [0.25, 0.3) is 0 Å². The van der Waals surface area contributed by atoms with E-state index in [0.29, 0.717) is 11.6 Å². The lowest BCUT2D eigenvalue weighted by Gasteiger charge is -2.19. The molecular formula is C18H19NO2. The molecule has 0 amide bonds. The van der Waals surface area contributed by atoms with Crippen molar-refractivity contribution in [3.8, 4) is 0 Å². The van der Waals surface area contributed by atoms with E-state index in [9.17, 15) is 4.79 Å². The van der Waals surface area contributed by atoms with Crippen molar-refractivity contribution < 1.29 is 9.90 Å². The predicted molar refractivity (Wildman–Crippen MR) is 82.1 cm³/mol. The standard InChI is InChI=1S/C18H19NO2/c20-18(21)16-8-6-13(7-9-16)12-19-17(15-10-11-15)14-4-2-1-3-5-14/h1-9,15,17,19H,10-12H2,(H,20,21). The van der Waals surface area contributed by atoms with Gasteiger partial charge >= 0.3 is 5.97 Å². The largest absolute Gasteiger partial charge is 0.478 e. The third-order valence-corrected chi connectivity index (χ3v) is 3.98. The molecule has 0 aromatic heterocycles. The van der Waals surface area contributed by atoms with Crippen LogP contribution in [0.5, 0.6) is 0 Å². The van der Waals surface area contributed by atoms with Crippen molar-refractivity contribution >= 4 is 5.97 Å². The van der Waals surface area contributed by atoms with Gasteiger partial charge in [-0.15, -0.1) is 0 Å². The maximum Gasteiger partial charge on any atom is 0.335 e. The van der Waals surface area contributed by atoms with Crippen LogP contribution in [0.4, 0.5) is 0 Å². The molecular weight excluding hydrogens is 262 g/mol. The summed E-state index contributed by atoms with van der Waals surface area (Å²) in [6, 6.07) is 18.0. The van der Waals surface area contributed by atoms with Gasteiger partial charge in [-0.1, -0.05) is 42.5 Å². The Labute approximate surface area is 124 Å². The smallest absolute Gasteiger partial charge is 0.335 e. The van der Waals surface area contributed by atoms with Gasteiger partial charge in [0.2, 0.25) is 0 Å². The van der Waals surface area contributed by atoms with Crippen LogP contribution < -0.4 is 5.32 Å². The molecule has 1 atom stereocenters. The van der Waals surface area contributed by atoms with E-state index in [1.807, 2.05) is 18.2 Å². The first-order chi connectivity index (χ1) is 10.2. The SMILES string of the molecule is O=C(O)c1ccc(CNC(c2ccccc2)C2CC2)cc1. The molecule has 0 bridgehead atoms. The topological polar surface area (TPSA) is 49.3 Å². The molecule has 3 nitrogen and oxygen atoms in total. The Bertz CT molecular complexity index is 603. The van der Waals surface area contributed by atoms with Gasteiger partial charge in [0.05, 0.1) is 5.56 Å². The minimum absolute atomic E-state index is 0.334. The number of hydrogen-bond acceptors (Lipinski definition) is 2. The Morgan fingerprint density at radius 2 is 1.76 bits per heavy atom. The Morgan fingerprint density at radius 3 is 2.33 bits per heavy atom. The molecule has 1 aliphatic carbocycles. The average molecular weight is 281 g/mol. The van der Waals surface area contributed by atoms with Crippen molar-refractivity contribution in [2.45, 2.75) is 25.4 Å². The molecule has 3 heteroatoms. The van der Waals surface area contributed by atoms with Crippen LogP contribution in [0.1, 0.15) is 40.4 Å². The van der Waals surface area contributed by atoms with Gasteiger partial charge in [-0.2, -0.15) is 0 Å². The monoisotopic (exact) mass is 281 g/mol. The summed E-state index contributed by atoms with van der Waals surface area (Å²) in [6.07, 6.45) is 2.56. The fourth-order valence-electron chi connectivity index (χ4n) is 2.64. The first-order valence-electron chi connectivity index (χ1n) is 7.34. The van der Waals surface area contributed by atoms with Crippen molar-refractivity contribution in [1.82, 2.24) is 5.32 Å². The summed E-state index contributed by atoms with van der Waals surface area (Å²) in [6.45, 7) is 0.760. The van der Waals surface area contributed by atoms with Crippen molar-refractivity contribution in [2.24, 2.45) is 5.92 Å². The molecule has 1 unspecified atom stereocenters. The van der Waals surface area contributed by atoms with Gasteiger partial charge in [0.15, 0.2) is 0 Å². The molecule has 0 heterocycles. The first kappa shape index (κ1) is 13.8. The molecule has 1 fully saturated rings. The quantitative estimate of drug-likeness (QED) is 0.850. The maximum atomic E-state index is 10.8. The highest BCUT2D eigenvalue weighted by atomic mass is 16.4. The number of rotatable bonds is 6. The minimum atomic E-state index is -0.880. The van der Waals surface area contributed by atoms with Crippen LogP contribution in [-0.4, -0.2) is 11.1 Å². The number of carboxylic acids is 1. The number of carboxylic acid groups (broad SMARTS) is 1. The molecule has 0 spiro atoms. The van der Waals surface area contributed by atoms with Gasteiger partial charge in [0, 0.05) is 12.6 Å². The molecule has 0 radical (unpaired) electrons. The van der Waals surface area contributed by atoms with E-state index < -0.39 is 5.97 Å². The average Bonchev–Trinajstić information content (AvgIpc) is 3.34. The summed E-state index contributed by atoms with van der Waals surface area (Å²) < 4.78 is 0. The normalized spacial score (nSPS) is 15.6. The molecule has 1 aliphatic rings. The minimum Gasteiger partial charge on any atom is -0.478 e. The van der Waals surface area contributed by atoms with E-state index in [1.54, 1.807) is 12.1 Å². The number of hydrogen-bond donors (Lipinski definition) is 2. The van der Waals surface area contributed by atoms with E-state index in [4.69, 9.17) is 5.11 Å². The van der Waals surface area contributed by atoms with Crippen molar-refractivity contribution in [3.05, 3.63) is 71.3 Å². The van der Waals surface area contributed by atoms with E-state index in [0.717, 1.165) is 18.0 Å². The fraction of sp³-hybridized carbons (Fsp3) is 0.278. The number of carbonyl (C=O) groups is 1. The van der Waals surface area contributed by atoms with Crippen LogP contribution >= 0.6 is 0 Å². The maximum absolute atomic E-state index is 10.8. The summed E-state index contributed by atoms with van der Waals surface area (Å²) in [5.41, 5.74) is 2.78. The number of nitrogens with one attached hydrogen (secondary N) is 1. The molecule has 1 saturated carbocycles. The summed E-state index contributed by atoms with van der Waals surface area (Å²) in [7, 11) is 0. The Morgan fingerprint density at radius 1 is 1.10 bits per heavy atom. The molecule has 0 aliphatic heterocycles. The molecule has 2 aromatic carbocycles. The van der Waals surface area contributed by atoms with E-state index in [1.165, 1.54) is 18.4 Å². The molecule has 2 N–H and O–H groups in total. The second kappa shape index (κ2) is 6.10. The predicted octanol–water partition coefficient (Wildman–Crippen LogP) is 3.63. The van der Waals surface area contributed by atoms with Gasteiger partial charge < -0.3 is 10.4 Å². The second-order valence-corrected chi connectivity index (χ2v) is 5.61. The first-order valence-corrected chi connectivity index (χ1v) is 7.34. The number of benzene rings is 2. The Kier molecular flexibility index (Phi) is 4.02. The van der Waals surface area contributed by atoms with Gasteiger partial charge in [-0.3, -0.25) is 0 Å². The van der Waals surface area contributed by atoms with Crippen LogP contribution in [0.15, 0.2) is 54.6 Å². The summed E-state index contributed by atoms with van der Waals surface area (Å²) >= 11 is 0. The van der Waals surface area contributed by atoms with Crippen LogP contribution in [-0.2, 0) is 6.54 Å². The van der Waals surface area contributed by atoms with Crippen LogP contribution in [0.2, 0.25) is 0 Å². The summed E-state index contributed by atoms with van der Waals surface area (Å²) in [5, 5.41) is 12.5. The van der Waals surface area contributed by atoms with Crippen molar-refractivity contribution in [1.29, 1.82) is 0 Å². The lowest BCUT2D eigenvalue weighted by atomic mass is 10.0. The van der Waals surface area contributed by atoms with E-state index in [2.05, 4.69) is 29.6 Å². The Balaban J connectivity index is 1.66. The molecule has 0 saturated heterocycles. The summed E-state index contributed by atoms with van der Waals surface area (Å²) in [5.74, 6) is -0.152. The highest BCUT2D eigenvalue weighted by molar-refractivity contribution is 5.87. The van der Waals surface area contributed by atoms with Crippen LogP contribution in [0, 0.1) is 5.92 Å². The molecule has 21 heavy (non-hydrogen) atoms. The highest BCUT2D eigenvalue weighted by Gasteiger charge is 2.31. The zero-order valence-corrected chi connectivity index (χ0v) is 11.8. The van der Waals surface area contributed by atoms with Gasteiger partial charge in [0.1, 0.15) is 0 Å². The van der Waals surface area contributed by atoms with Crippen molar-refractivity contribution in [2.75, 3.05) is 0 Å². The zero-order chi connectivity index (χ0) is 14.7. The highest BCUT2D eigenvalue weighted by Crippen LogP contribution is 2.41. The third-order valence-electron chi connectivity index (χ3n) is 3.98. The lowest BCUT2D eigenvalue weighted by molar-refractivity contribution is 0.0697. The molecule has 2 aromatic rings. The van der Waals surface area contributed by atoms with Gasteiger partial charge in [-0.05, 0) is 42.0 Å². The second-order valence-electron chi connectivity index (χ2n) is 5.61. The van der Waals surface area contributed by atoms with E-state index >= 15 is 0 Å². The van der Waals surface area contributed by atoms with Crippen LogP contribution in [0.25, 0.3) is 0 Å². The third kappa shape index (κ3) is 3.50. The lowest BCUT2D eigenvalue weighted by Crippen LogP contribution is -2.22. The van der Waals surface area contributed by atoms with Crippen molar-refractivity contribution in [3.63, 3.8) is 0 Å². The van der Waals surface area contributed by atoms with E-state index in [-0.39, 0.29) is 0 Å². The number of aromatic carboxylic acids is 1. The molecule has 108 valence electrons. The summed E-state index contributed by atoms with van der Waals surface area (Å²) in [4.78, 5) is 10.8. The van der Waals surface area contributed by atoms with Gasteiger partial charge in [-0.25, -0.2) is 4.79 Å². The Hall–Kier alpha value is -2.13. The van der Waals surface area contributed by atoms with Crippen LogP contribution in [0.3, 0.4) is 0 Å². The zero-order valence-electron chi connectivity index (χ0n) is 11.8. The fourth-order valence-corrected chi connectivity index (χ4v) is 2.64. The molecule has 3 rings (SSSR count).